The Bertz CT molecular complexity index is 560. The van der Waals surface area contributed by atoms with Crippen LogP contribution in [-0.2, 0) is 0 Å². The van der Waals surface area contributed by atoms with Crippen molar-refractivity contribution in [3.63, 3.8) is 0 Å². The van der Waals surface area contributed by atoms with Crippen LogP contribution in [0.3, 0.4) is 0 Å². The molecule has 0 fully saturated rings. The molecule has 0 aliphatic heterocycles. The van der Waals surface area contributed by atoms with Crippen molar-refractivity contribution >= 4 is 15.9 Å². The molecular weight excluding hydrogens is 323 g/mol. The molecule has 1 atom stereocenters. The van der Waals surface area contributed by atoms with E-state index >= 15 is 0 Å². The first kappa shape index (κ1) is 14.9. The first-order valence-corrected chi connectivity index (χ1v) is 7.10. The van der Waals surface area contributed by atoms with E-state index in [0.717, 1.165) is 16.9 Å². The van der Waals surface area contributed by atoms with Gasteiger partial charge in [-0.25, -0.2) is 4.39 Å². The van der Waals surface area contributed by atoms with Crippen molar-refractivity contribution in [1.82, 2.24) is 0 Å². The maximum atomic E-state index is 14.1. The van der Waals surface area contributed by atoms with E-state index in [-0.39, 0.29) is 10.6 Å². The number of rotatable bonds is 4. The molecule has 2 aromatic rings. The highest BCUT2D eigenvalue weighted by molar-refractivity contribution is 9.09. The number of alkyl halides is 1. The summed E-state index contributed by atoms with van der Waals surface area (Å²) in [6, 6.07) is 10.6. The second-order valence-electron chi connectivity index (χ2n) is 4.47. The van der Waals surface area contributed by atoms with E-state index in [0.29, 0.717) is 11.3 Å². The van der Waals surface area contributed by atoms with Gasteiger partial charge in [-0.3, -0.25) is 0 Å². The van der Waals surface area contributed by atoms with Crippen LogP contribution in [0.5, 0.6) is 11.5 Å². The van der Waals surface area contributed by atoms with Gasteiger partial charge in [-0.1, -0.05) is 28.1 Å². The van der Waals surface area contributed by atoms with Crippen LogP contribution in [0.2, 0.25) is 0 Å². The summed E-state index contributed by atoms with van der Waals surface area (Å²) in [4.78, 5) is -0.209. The van der Waals surface area contributed by atoms with Crippen molar-refractivity contribution in [3.8, 4) is 11.5 Å². The van der Waals surface area contributed by atoms with E-state index in [1.54, 1.807) is 19.2 Å². The topological polar surface area (TPSA) is 18.5 Å². The van der Waals surface area contributed by atoms with Gasteiger partial charge in [0.2, 0.25) is 0 Å². The van der Waals surface area contributed by atoms with Crippen LogP contribution < -0.4 is 9.47 Å². The van der Waals surface area contributed by atoms with Gasteiger partial charge in [-0.05, 0) is 36.2 Å². The van der Waals surface area contributed by atoms with Gasteiger partial charge in [0.05, 0.1) is 19.0 Å². The van der Waals surface area contributed by atoms with Gasteiger partial charge in [0.25, 0.3) is 0 Å². The maximum absolute atomic E-state index is 14.1. The van der Waals surface area contributed by atoms with Gasteiger partial charge in [0.15, 0.2) is 0 Å². The molecule has 0 heterocycles. The third-order valence-electron chi connectivity index (χ3n) is 3.23. The normalized spacial score (nSPS) is 12.1. The molecule has 0 bridgehead atoms. The van der Waals surface area contributed by atoms with Gasteiger partial charge in [-0.2, -0.15) is 0 Å². The van der Waals surface area contributed by atoms with Crippen LogP contribution in [0.15, 0.2) is 36.4 Å². The quantitative estimate of drug-likeness (QED) is 0.756. The van der Waals surface area contributed by atoms with Crippen molar-refractivity contribution in [2.24, 2.45) is 0 Å². The molecular formula is C16H16BrFO2. The lowest BCUT2D eigenvalue weighted by Gasteiger charge is -2.16. The minimum absolute atomic E-state index is 0.209. The Morgan fingerprint density at radius 3 is 2.00 bits per heavy atom. The Labute approximate surface area is 126 Å². The third kappa shape index (κ3) is 2.96. The van der Waals surface area contributed by atoms with E-state index in [1.165, 1.54) is 13.2 Å². The lowest BCUT2D eigenvalue weighted by molar-refractivity contribution is 0.411. The molecule has 0 spiro atoms. The predicted octanol–water partition coefficient (Wildman–Crippen LogP) is 4.64. The van der Waals surface area contributed by atoms with Gasteiger partial charge in [0, 0.05) is 11.6 Å². The largest absolute Gasteiger partial charge is 0.497 e. The molecule has 0 aliphatic carbocycles. The van der Waals surface area contributed by atoms with Crippen molar-refractivity contribution < 1.29 is 13.9 Å². The number of halogens is 2. The van der Waals surface area contributed by atoms with Gasteiger partial charge >= 0.3 is 0 Å². The fraction of sp³-hybridized carbons (Fsp3) is 0.250. The summed E-state index contributed by atoms with van der Waals surface area (Å²) in [6.07, 6.45) is 0. The third-order valence-corrected chi connectivity index (χ3v) is 4.22. The molecule has 2 aromatic carbocycles. The second kappa shape index (κ2) is 6.27. The van der Waals surface area contributed by atoms with E-state index in [2.05, 4.69) is 15.9 Å². The fourth-order valence-electron chi connectivity index (χ4n) is 2.07. The summed E-state index contributed by atoms with van der Waals surface area (Å²) in [5.41, 5.74) is 2.63. The summed E-state index contributed by atoms with van der Waals surface area (Å²) >= 11 is 3.57. The van der Waals surface area contributed by atoms with Crippen LogP contribution in [0.1, 0.15) is 21.5 Å². The zero-order chi connectivity index (χ0) is 14.7. The summed E-state index contributed by atoms with van der Waals surface area (Å²) in [5, 5.41) is 0. The van der Waals surface area contributed by atoms with E-state index in [9.17, 15) is 4.39 Å². The number of ether oxygens (including phenoxy) is 2. The molecule has 20 heavy (non-hydrogen) atoms. The molecule has 2 rings (SSSR count). The number of aryl methyl sites for hydroxylation is 1. The van der Waals surface area contributed by atoms with Crippen LogP contribution >= 0.6 is 15.9 Å². The Balaban J connectivity index is 2.38. The summed E-state index contributed by atoms with van der Waals surface area (Å²) in [5.74, 6) is 1.01. The zero-order valence-corrected chi connectivity index (χ0v) is 13.2. The number of benzene rings is 2. The van der Waals surface area contributed by atoms with E-state index in [1.807, 2.05) is 25.1 Å². The molecule has 4 heteroatoms. The molecule has 1 unspecified atom stereocenters. The summed E-state index contributed by atoms with van der Waals surface area (Å²) in [6.45, 7) is 1.98. The Morgan fingerprint density at radius 1 is 0.950 bits per heavy atom. The molecule has 0 saturated carbocycles. The average molecular weight is 339 g/mol. The van der Waals surface area contributed by atoms with E-state index in [4.69, 9.17) is 9.47 Å². The molecule has 0 aromatic heterocycles. The first-order chi connectivity index (χ1) is 9.56. The molecule has 0 N–H and O–H groups in total. The fourth-order valence-corrected chi connectivity index (χ4v) is 2.95. The number of hydrogen-bond donors (Lipinski definition) is 0. The Hall–Kier alpha value is -1.55. The molecule has 0 amide bonds. The van der Waals surface area contributed by atoms with Crippen molar-refractivity contribution in [1.29, 1.82) is 0 Å². The van der Waals surface area contributed by atoms with Crippen molar-refractivity contribution in [2.45, 2.75) is 11.8 Å². The van der Waals surface area contributed by atoms with Gasteiger partial charge in [0.1, 0.15) is 17.3 Å². The second-order valence-corrected chi connectivity index (χ2v) is 5.39. The minimum atomic E-state index is -0.290. The van der Waals surface area contributed by atoms with Gasteiger partial charge < -0.3 is 9.47 Å². The lowest BCUT2D eigenvalue weighted by Crippen LogP contribution is -2.00. The average Bonchev–Trinajstić information content (AvgIpc) is 2.46. The molecule has 0 radical (unpaired) electrons. The summed E-state index contributed by atoms with van der Waals surface area (Å²) in [7, 11) is 3.15. The SMILES string of the molecule is COc1ccc(C(Br)c2ccc(OC)cc2F)c(C)c1. The van der Waals surface area contributed by atoms with Crippen molar-refractivity contribution in [3.05, 3.63) is 58.9 Å². The van der Waals surface area contributed by atoms with Gasteiger partial charge in [-0.15, -0.1) is 0 Å². The van der Waals surface area contributed by atoms with Crippen molar-refractivity contribution in [2.75, 3.05) is 14.2 Å². The number of hydrogen-bond acceptors (Lipinski definition) is 2. The standard InChI is InChI=1S/C16H16BrFO2/c1-10-8-11(19-2)4-6-13(10)16(17)14-7-5-12(20-3)9-15(14)18/h4-9,16H,1-3H3. The van der Waals surface area contributed by atoms with Crippen LogP contribution in [0.25, 0.3) is 0 Å². The minimum Gasteiger partial charge on any atom is -0.497 e. The van der Waals surface area contributed by atoms with Crippen LogP contribution in [-0.4, -0.2) is 14.2 Å². The molecule has 0 saturated heterocycles. The highest BCUT2D eigenvalue weighted by atomic mass is 79.9. The Morgan fingerprint density at radius 2 is 1.50 bits per heavy atom. The highest BCUT2D eigenvalue weighted by Crippen LogP contribution is 2.36. The molecule has 106 valence electrons. The smallest absolute Gasteiger partial charge is 0.131 e. The Kier molecular flexibility index (Phi) is 4.65. The monoisotopic (exact) mass is 338 g/mol. The first-order valence-electron chi connectivity index (χ1n) is 6.19. The number of methoxy groups -OCH3 is 2. The van der Waals surface area contributed by atoms with E-state index < -0.39 is 0 Å². The molecule has 2 nitrogen and oxygen atoms in total. The zero-order valence-electron chi connectivity index (χ0n) is 11.6. The molecule has 0 aliphatic rings. The maximum Gasteiger partial charge on any atom is 0.131 e. The van der Waals surface area contributed by atoms with Crippen LogP contribution in [0, 0.1) is 12.7 Å². The predicted molar refractivity (Wildman–Crippen MR) is 81.5 cm³/mol. The lowest BCUT2D eigenvalue weighted by atomic mass is 9.99. The van der Waals surface area contributed by atoms with Crippen LogP contribution in [0.4, 0.5) is 4.39 Å². The highest BCUT2D eigenvalue weighted by Gasteiger charge is 2.17. The summed E-state index contributed by atoms with van der Waals surface area (Å²) < 4.78 is 24.3.